The van der Waals surface area contributed by atoms with E-state index < -0.39 is 10.0 Å². The number of hydrogen-bond acceptors (Lipinski definition) is 7. The van der Waals surface area contributed by atoms with Crippen molar-refractivity contribution in [2.24, 2.45) is 0 Å². The van der Waals surface area contributed by atoms with Crippen molar-refractivity contribution in [1.82, 2.24) is 14.9 Å². The molecule has 1 N–H and O–H groups in total. The molecule has 2 heterocycles. The fraction of sp³-hybridized carbons (Fsp3) is 0.200. The molecule has 0 spiro atoms. The zero-order valence-corrected chi connectivity index (χ0v) is 23.0. The summed E-state index contributed by atoms with van der Waals surface area (Å²) in [5.74, 6) is 0.601. The van der Waals surface area contributed by atoms with E-state index >= 15 is 0 Å². The Bertz CT molecular complexity index is 1530. The SMILES string of the molecule is CN(C)CCOc1cc(COc2nc3ccncc3cc2NS(=O)(=O)c2cccc(Cl)c2Cl)ccc1Cl. The highest BCUT2D eigenvalue weighted by Crippen LogP contribution is 2.34. The third-order valence-corrected chi connectivity index (χ3v) is 7.85. The first-order valence-electron chi connectivity index (χ1n) is 11.0. The van der Waals surface area contributed by atoms with Crippen LogP contribution < -0.4 is 14.2 Å². The predicted octanol–water partition coefficient (Wildman–Crippen LogP) is 5.91. The van der Waals surface area contributed by atoms with E-state index in [9.17, 15) is 8.42 Å². The normalized spacial score (nSPS) is 11.6. The molecule has 4 aromatic rings. The van der Waals surface area contributed by atoms with Gasteiger partial charge in [-0.05, 0) is 56.1 Å². The average Bonchev–Trinajstić information content (AvgIpc) is 2.85. The maximum Gasteiger partial charge on any atom is 0.263 e. The maximum atomic E-state index is 13.2. The van der Waals surface area contributed by atoms with Crippen molar-refractivity contribution in [1.29, 1.82) is 0 Å². The molecule has 194 valence electrons. The van der Waals surface area contributed by atoms with Crippen LogP contribution in [-0.2, 0) is 16.6 Å². The number of halogens is 3. The predicted molar refractivity (Wildman–Crippen MR) is 147 cm³/mol. The van der Waals surface area contributed by atoms with Crippen molar-refractivity contribution in [2.45, 2.75) is 11.5 Å². The Balaban J connectivity index is 1.62. The molecule has 12 heteroatoms. The number of anilines is 1. The fourth-order valence-electron chi connectivity index (χ4n) is 3.31. The van der Waals surface area contributed by atoms with Crippen LogP contribution in [-0.4, -0.2) is 50.5 Å². The second kappa shape index (κ2) is 11.7. The van der Waals surface area contributed by atoms with E-state index in [1.54, 1.807) is 42.7 Å². The number of pyridine rings is 2. The van der Waals surface area contributed by atoms with Gasteiger partial charge in [-0.3, -0.25) is 9.71 Å². The lowest BCUT2D eigenvalue weighted by Gasteiger charge is -2.16. The Hall–Kier alpha value is -2.82. The third kappa shape index (κ3) is 6.74. The molecule has 0 atom stereocenters. The van der Waals surface area contributed by atoms with Crippen LogP contribution in [0.4, 0.5) is 5.69 Å². The fourth-order valence-corrected chi connectivity index (χ4v) is 5.29. The van der Waals surface area contributed by atoms with Gasteiger partial charge in [0.05, 0.1) is 20.6 Å². The van der Waals surface area contributed by atoms with Crippen molar-refractivity contribution >= 4 is 61.4 Å². The Labute approximate surface area is 230 Å². The van der Waals surface area contributed by atoms with Crippen LogP contribution in [0.1, 0.15) is 5.56 Å². The van der Waals surface area contributed by atoms with Crippen LogP contribution in [0.3, 0.4) is 0 Å². The minimum absolute atomic E-state index is 0.0745. The molecule has 0 aliphatic carbocycles. The van der Waals surface area contributed by atoms with Gasteiger partial charge in [0.2, 0.25) is 5.88 Å². The summed E-state index contributed by atoms with van der Waals surface area (Å²) in [6.45, 7) is 1.28. The second-order valence-electron chi connectivity index (χ2n) is 8.27. The average molecular weight is 582 g/mol. The highest BCUT2D eigenvalue weighted by Gasteiger charge is 2.22. The first kappa shape index (κ1) is 27.2. The van der Waals surface area contributed by atoms with Crippen molar-refractivity contribution in [3.8, 4) is 11.6 Å². The number of fused-ring (bicyclic) bond motifs is 1. The number of ether oxygens (including phenoxy) is 2. The summed E-state index contributed by atoms with van der Waals surface area (Å²) in [6, 6.07) is 13.0. The van der Waals surface area contributed by atoms with E-state index in [1.165, 1.54) is 18.2 Å². The lowest BCUT2D eigenvalue weighted by molar-refractivity contribution is 0.260. The molecule has 0 radical (unpaired) electrons. The molecule has 8 nitrogen and oxygen atoms in total. The molecule has 0 saturated heterocycles. The molecular formula is C25H23Cl3N4O4S. The van der Waals surface area contributed by atoms with Gasteiger partial charge >= 0.3 is 0 Å². The maximum absolute atomic E-state index is 13.2. The third-order valence-electron chi connectivity index (χ3n) is 5.20. The monoisotopic (exact) mass is 580 g/mol. The van der Waals surface area contributed by atoms with E-state index in [-0.39, 0.29) is 33.1 Å². The second-order valence-corrected chi connectivity index (χ2v) is 11.1. The Morgan fingerprint density at radius 2 is 1.81 bits per heavy atom. The van der Waals surface area contributed by atoms with Gasteiger partial charge in [0, 0.05) is 24.3 Å². The van der Waals surface area contributed by atoms with Crippen LogP contribution in [0, 0.1) is 0 Å². The van der Waals surface area contributed by atoms with E-state index in [0.717, 1.165) is 12.1 Å². The molecule has 0 unspecified atom stereocenters. The largest absolute Gasteiger partial charge is 0.491 e. The van der Waals surface area contributed by atoms with Gasteiger partial charge in [-0.25, -0.2) is 13.4 Å². The summed E-state index contributed by atoms with van der Waals surface area (Å²) in [5, 5.41) is 1.13. The van der Waals surface area contributed by atoms with Crippen LogP contribution in [0.25, 0.3) is 10.9 Å². The first-order chi connectivity index (χ1) is 17.6. The van der Waals surface area contributed by atoms with Crippen molar-refractivity contribution in [3.05, 3.63) is 81.6 Å². The van der Waals surface area contributed by atoms with Crippen LogP contribution >= 0.6 is 34.8 Å². The molecule has 0 fully saturated rings. The Morgan fingerprint density at radius 3 is 2.59 bits per heavy atom. The summed E-state index contributed by atoms with van der Waals surface area (Å²) < 4.78 is 40.7. The molecule has 0 amide bonds. The number of aromatic nitrogens is 2. The van der Waals surface area contributed by atoms with Crippen LogP contribution in [0.15, 0.2) is 65.8 Å². The number of nitrogens with zero attached hydrogens (tertiary/aromatic N) is 3. The van der Waals surface area contributed by atoms with E-state index in [4.69, 9.17) is 44.3 Å². The minimum Gasteiger partial charge on any atom is -0.491 e. The quantitative estimate of drug-likeness (QED) is 0.249. The topological polar surface area (TPSA) is 93.7 Å². The molecule has 4 rings (SSSR count). The van der Waals surface area contributed by atoms with E-state index in [1.807, 2.05) is 19.0 Å². The van der Waals surface area contributed by atoms with Crippen LogP contribution in [0.2, 0.25) is 15.1 Å². The van der Waals surface area contributed by atoms with Crippen molar-refractivity contribution in [3.63, 3.8) is 0 Å². The summed E-state index contributed by atoms with van der Waals surface area (Å²) in [7, 11) is -0.214. The zero-order valence-electron chi connectivity index (χ0n) is 19.9. The number of hydrogen-bond donors (Lipinski definition) is 1. The summed E-state index contributed by atoms with van der Waals surface area (Å²) in [6.07, 6.45) is 3.16. The molecule has 37 heavy (non-hydrogen) atoms. The minimum atomic E-state index is -4.12. The van der Waals surface area contributed by atoms with Gasteiger partial charge in [0.25, 0.3) is 10.0 Å². The number of rotatable bonds is 10. The summed E-state index contributed by atoms with van der Waals surface area (Å²) in [4.78, 5) is 10.4. The standard InChI is InChI=1S/C25H23Cl3N4O4S/c1-32(2)10-11-35-22-12-16(6-7-18(22)26)15-36-25-21(13-17-14-29-9-8-20(17)30-25)31-37(33,34)23-5-3-4-19(27)24(23)28/h3-9,12-14,31H,10-11,15H2,1-2H3. The lowest BCUT2D eigenvalue weighted by atomic mass is 10.2. The van der Waals surface area contributed by atoms with Crippen molar-refractivity contribution < 1.29 is 17.9 Å². The van der Waals surface area contributed by atoms with E-state index in [2.05, 4.69) is 14.7 Å². The van der Waals surface area contributed by atoms with E-state index in [0.29, 0.717) is 28.3 Å². The molecule has 0 aliphatic rings. The highest BCUT2D eigenvalue weighted by atomic mass is 35.5. The summed E-state index contributed by atoms with van der Waals surface area (Å²) in [5.41, 5.74) is 1.46. The molecular weight excluding hydrogens is 559 g/mol. The van der Waals surface area contributed by atoms with Gasteiger partial charge < -0.3 is 14.4 Å². The smallest absolute Gasteiger partial charge is 0.263 e. The number of nitrogens with one attached hydrogen (secondary N) is 1. The van der Waals surface area contributed by atoms with Gasteiger partial charge in [-0.15, -0.1) is 0 Å². The van der Waals surface area contributed by atoms with Gasteiger partial charge in [-0.2, -0.15) is 0 Å². The molecule has 0 bridgehead atoms. The molecule has 2 aromatic heterocycles. The van der Waals surface area contributed by atoms with Crippen molar-refractivity contribution in [2.75, 3.05) is 32.0 Å². The number of sulfonamides is 1. The van der Waals surface area contributed by atoms with Gasteiger partial charge in [-0.1, -0.05) is 46.9 Å². The number of benzene rings is 2. The van der Waals surface area contributed by atoms with Gasteiger partial charge in [0.15, 0.2) is 0 Å². The molecule has 0 aliphatic heterocycles. The molecule has 0 saturated carbocycles. The molecule has 2 aromatic carbocycles. The highest BCUT2D eigenvalue weighted by molar-refractivity contribution is 7.92. The first-order valence-corrected chi connectivity index (χ1v) is 13.7. The lowest BCUT2D eigenvalue weighted by Crippen LogP contribution is -2.19. The van der Waals surface area contributed by atoms with Crippen LogP contribution in [0.5, 0.6) is 11.6 Å². The summed E-state index contributed by atoms with van der Waals surface area (Å²) >= 11 is 18.5. The number of likely N-dealkylation sites (N-methyl/N-ethyl adjacent to an activating group) is 1. The Morgan fingerprint density at radius 1 is 1.00 bits per heavy atom. The van der Waals surface area contributed by atoms with Gasteiger partial charge in [0.1, 0.15) is 29.5 Å². The zero-order chi connectivity index (χ0) is 26.6. The Kier molecular flexibility index (Phi) is 8.61.